The number of hydrogen-bond acceptors (Lipinski definition) is 3. The van der Waals surface area contributed by atoms with Gasteiger partial charge in [0, 0.05) is 50.5 Å². The van der Waals surface area contributed by atoms with E-state index in [2.05, 4.69) is 131 Å². The van der Waals surface area contributed by atoms with Gasteiger partial charge in [-0.3, -0.25) is 4.98 Å². The highest BCUT2D eigenvalue weighted by Crippen LogP contribution is 2.44. The minimum absolute atomic E-state index is 0.727. The fourth-order valence-corrected chi connectivity index (χ4v) is 7.25. The Morgan fingerprint density at radius 3 is 2.13 bits per heavy atom. The van der Waals surface area contributed by atoms with Gasteiger partial charge in [-0.05, 0) is 46.2 Å². The summed E-state index contributed by atoms with van der Waals surface area (Å²) in [6.07, 6.45) is 3.70. The molecule has 4 aromatic heterocycles. The highest BCUT2D eigenvalue weighted by Gasteiger charge is 2.21. The molecule has 0 atom stereocenters. The minimum atomic E-state index is 0.727. The van der Waals surface area contributed by atoms with Gasteiger partial charge in [0.1, 0.15) is 0 Å². The molecular formula is C41H24N4. The number of aromatic nitrogens is 4. The Bertz CT molecular complexity index is 2730. The highest BCUT2D eigenvalue weighted by molar-refractivity contribution is 6.30. The van der Waals surface area contributed by atoms with E-state index in [0.29, 0.717) is 0 Å². The van der Waals surface area contributed by atoms with Crippen LogP contribution in [-0.2, 0) is 0 Å². The molecule has 0 amide bonds. The van der Waals surface area contributed by atoms with Crippen molar-refractivity contribution in [2.45, 2.75) is 0 Å². The molecule has 208 valence electrons. The van der Waals surface area contributed by atoms with E-state index >= 15 is 0 Å². The summed E-state index contributed by atoms with van der Waals surface area (Å²) in [5, 5.41) is 8.51. The van der Waals surface area contributed by atoms with Crippen LogP contribution in [0.15, 0.2) is 146 Å². The second-order valence-corrected chi connectivity index (χ2v) is 11.6. The van der Waals surface area contributed by atoms with Crippen molar-refractivity contribution in [3.8, 4) is 33.8 Å². The number of hydrogen-bond donors (Lipinski definition) is 0. The van der Waals surface area contributed by atoms with E-state index in [-0.39, 0.29) is 0 Å². The molecule has 0 bridgehead atoms. The molecular weight excluding hydrogens is 548 g/mol. The summed E-state index contributed by atoms with van der Waals surface area (Å²) in [4.78, 5) is 14.8. The van der Waals surface area contributed by atoms with Crippen LogP contribution in [0.5, 0.6) is 0 Å². The first-order valence-corrected chi connectivity index (χ1v) is 15.2. The van der Waals surface area contributed by atoms with E-state index in [9.17, 15) is 0 Å². The maximum atomic E-state index is 5.32. The number of rotatable bonds is 3. The molecule has 0 fully saturated rings. The number of pyridine rings is 2. The lowest BCUT2D eigenvalue weighted by atomic mass is 9.98. The molecule has 4 nitrogen and oxygen atoms in total. The molecule has 0 spiro atoms. The van der Waals surface area contributed by atoms with E-state index < -0.39 is 0 Å². The van der Waals surface area contributed by atoms with Crippen LogP contribution in [0.25, 0.3) is 93.5 Å². The monoisotopic (exact) mass is 572 g/mol. The van der Waals surface area contributed by atoms with Crippen LogP contribution in [-0.4, -0.2) is 19.4 Å². The molecule has 0 aliphatic heterocycles. The maximum Gasteiger partial charge on any atom is 0.161 e. The van der Waals surface area contributed by atoms with Gasteiger partial charge in [-0.1, -0.05) is 109 Å². The van der Waals surface area contributed by atoms with Crippen molar-refractivity contribution < 1.29 is 0 Å². The van der Waals surface area contributed by atoms with Crippen molar-refractivity contribution in [1.29, 1.82) is 0 Å². The third-order valence-electron chi connectivity index (χ3n) is 9.23. The lowest BCUT2D eigenvalue weighted by Gasteiger charge is -2.12. The number of fused-ring (bicyclic) bond motifs is 7. The zero-order chi connectivity index (χ0) is 29.5. The lowest BCUT2D eigenvalue weighted by Crippen LogP contribution is -1.96. The molecule has 0 N–H and O–H groups in total. The van der Waals surface area contributed by atoms with Gasteiger partial charge < -0.3 is 4.40 Å². The van der Waals surface area contributed by atoms with Gasteiger partial charge in [-0.25, -0.2) is 9.97 Å². The largest absolute Gasteiger partial charge is 0.308 e. The first-order chi connectivity index (χ1) is 22.3. The lowest BCUT2D eigenvalue weighted by molar-refractivity contribution is 1.23. The number of benzene rings is 6. The standard InChI is InChI=1S/C41H24N4/c1-3-14-34-31(11-1)39(27-19-17-25(18-20-27)28-9-7-23-42-24-28)44-41(43-34)33-13-6-16-36-38(33)32-22-21-26-8-5-12-30-29-10-2-4-15-35(29)45(36)40(32)37(26)30/h1-24H. The number of nitrogens with zero attached hydrogens (tertiary/aromatic N) is 4. The van der Waals surface area contributed by atoms with Crippen molar-refractivity contribution in [3.05, 3.63) is 146 Å². The quantitative estimate of drug-likeness (QED) is 0.156. The second kappa shape index (κ2) is 9.18. The second-order valence-electron chi connectivity index (χ2n) is 11.6. The van der Waals surface area contributed by atoms with Crippen LogP contribution in [0.4, 0.5) is 0 Å². The molecule has 0 aliphatic rings. The zero-order valence-electron chi connectivity index (χ0n) is 24.1. The third-order valence-corrected chi connectivity index (χ3v) is 9.23. The van der Waals surface area contributed by atoms with Gasteiger partial charge in [-0.15, -0.1) is 0 Å². The fourth-order valence-electron chi connectivity index (χ4n) is 7.25. The molecule has 0 unspecified atom stereocenters. The SMILES string of the molecule is c1cncc(-c2ccc(-c3nc(-c4cccc5c4c4ccc6cccc7c8ccccc8n5c4c67)nc4ccccc34)cc2)c1. The maximum absolute atomic E-state index is 5.32. The van der Waals surface area contributed by atoms with Crippen LogP contribution in [0, 0.1) is 0 Å². The average molecular weight is 573 g/mol. The van der Waals surface area contributed by atoms with Gasteiger partial charge in [0.25, 0.3) is 0 Å². The fraction of sp³-hybridized carbons (Fsp3) is 0. The Morgan fingerprint density at radius 2 is 1.24 bits per heavy atom. The van der Waals surface area contributed by atoms with Gasteiger partial charge in [0.05, 0.1) is 27.8 Å². The van der Waals surface area contributed by atoms with E-state index in [1.807, 2.05) is 18.3 Å². The molecule has 0 saturated heterocycles. The topological polar surface area (TPSA) is 43.1 Å². The van der Waals surface area contributed by atoms with Crippen molar-refractivity contribution in [2.24, 2.45) is 0 Å². The van der Waals surface area contributed by atoms with E-state index in [1.165, 1.54) is 43.4 Å². The molecule has 0 aliphatic carbocycles. The van der Waals surface area contributed by atoms with E-state index in [1.54, 1.807) is 6.20 Å². The third kappa shape index (κ3) is 3.45. The van der Waals surface area contributed by atoms with E-state index in [0.717, 1.165) is 50.2 Å². The first-order valence-electron chi connectivity index (χ1n) is 15.2. The molecule has 4 heterocycles. The van der Waals surface area contributed by atoms with Crippen molar-refractivity contribution in [2.75, 3.05) is 0 Å². The summed E-state index contributed by atoms with van der Waals surface area (Å²) in [5.41, 5.74) is 9.77. The van der Waals surface area contributed by atoms with E-state index in [4.69, 9.17) is 9.97 Å². The highest BCUT2D eigenvalue weighted by atomic mass is 14.9. The molecule has 0 saturated carbocycles. The smallest absolute Gasteiger partial charge is 0.161 e. The van der Waals surface area contributed by atoms with Crippen LogP contribution in [0.2, 0.25) is 0 Å². The van der Waals surface area contributed by atoms with Crippen molar-refractivity contribution >= 4 is 59.8 Å². The Kier molecular flexibility index (Phi) is 4.96. The summed E-state index contributed by atoms with van der Waals surface area (Å²) >= 11 is 0. The molecule has 10 rings (SSSR count). The Labute approximate surface area is 258 Å². The van der Waals surface area contributed by atoms with Crippen LogP contribution < -0.4 is 0 Å². The zero-order valence-corrected chi connectivity index (χ0v) is 24.1. The first kappa shape index (κ1) is 24.3. The van der Waals surface area contributed by atoms with Crippen molar-refractivity contribution in [1.82, 2.24) is 19.4 Å². The van der Waals surface area contributed by atoms with Crippen molar-refractivity contribution in [3.63, 3.8) is 0 Å². The summed E-state index contributed by atoms with van der Waals surface area (Å²) in [7, 11) is 0. The summed E-state index contributed by atoms with van der Waals surface area (Å²) in [6, 6.07) is 47.4. The summed E-state index contributed by atoms with van der Waals surface area (Å²) in [5.74, 6) is 0.727. The van der Waals surface area contributed by atoms with Gasteiger partial charge >= 0.3 is 0 Å². The van der Waals surface area contributed by atoms with Crippen LogP contribution in [0.3, 0.4) is 0 Å². The Morgan fingerprint density at radius 1 is 0.467 bits per heavy atom. The molecule has 45 heavy (non-hydrogen) atoms. The number of para-hydroxylation sites is 2. The molecule has 4 heteroatoms. The Balaban J connectivity index is 1.27. The van der Waals surface area contributed by atoms with Gasteiger partial charge in [0.2, 0.25) is 0 Å². The van der Waals surface area contributed by atoms with Gasteiger partial charge in [0.15, 0.2) is 5.82 Å². The van der Waals surface area contributed by atoms with Gasteiger partial charge in [-0.2, -0.15) is 0 Å². The Hall–Kier alpha value is -6.13. The predicted octanol–water partition coefficient (Wildman–Crippen LogP) is 10.3. The van der Waals surface area contributed by atoms with Crippen LogP contribution >= 0.6 is 0 Å². The normalized spacial score (nSPS) is 12.0. The predicted molar refractivity (Wildman–Crippen MR) is 186 cm³/mol. The average Bonchev–Trinajstić information content (AvgIpc) is 3.47. The molecule has 6 aromatic carbocycles. The van der Waals surface area contributed by atoms with Crippen LogP contribution in [0.1, 0.15) is 0 Å². The molecule has 0 radical (unpaired) electrons. The summed E-state index contributed by atoms with van der Waals surface area (Å²) < 4.78 is 2.44. The molecule has 10 aromatic rings. The minimum Gasteiger partial charge on any atom is -0.308 e. The summed E-state index contributed by atoms with van der Waals surface area (Å²) in [6.45, 7) is 0.